The van der Waals surface area contributed by atoms with Gasteiger partial charge in [0.1, 0.15) is 11.6 Å². The number of rotatable bonds is 5. The van der Waals surface area contributed by atoms with E-state index in [2.05, 4.69) is 5.32 Å². The van der Waals surface area contributed by atoms with Crippen molar-refractivity contribution in [3.63, 3.8) is 0 Å². The zero-order chi connectivity index (χ0) is 13.1. The molecule has 0 aliphatic carbocycles. The summed E-state index contributed by atoms with van der Waals surface area (Å²) in [4.78, 5) is 10.8. The van der Waals surface area contributed by atoms with E-state index in [1.165, 1.54) is 13.0 Å². The van der Waals surface area contributed by atoms with Crippen molar-refractivity contribution in [1.29, 1.82) is 0 Å². The van der Waals surface area contributed by atoms with Gasteiger partial charge < -0.3 is 5.32 Å². The van der Waals surface area contributed by atoms with E-state index >= 15 is 0 Å². The van der Waals surface area contributed by atoms with Gasteiger partial charge in [-0.25, -0.2) is 4.39 Å². The molecule has 0 fully saturated rings. The van der Waals surface area contributed by atoms with E-state index < -0.39 is 5.82 Å². The number of carbonyl (C=O) groups excluding carboxylic acids is 1. The number of halogens is 2. The summed E-state index contributed by atoms with van der Waals surface area (Å²) in [6.07, 6.45) is 0. The highest BCUT2D eigenvalue weighted by atomic mass is 35.5. The number of hydrogen-bond donors (Lipinski definition) is 1. The molecule has 94 valence electrons. The lowest BCUT2D eigenvalue weighted by molar-refractivity contribution is -0.116. The number of Topliss-reactive ketones (excluding diaryl/α,β-unsaturated/α-hetero) is 1. The molecule has 0 aliphatic heterocycles. The Morgan fingerprint density at radius 2 is 2.12 bits per heavy atom. The maximum atomic E-state index is 13.1. The molecule has 0 atom stereocenters. The van der Waals surface area contributed by atoms with Crippen molar-refractivity contribution in [2.24, 2.45) is 0 Å². The van der Waals surface area contributed by atoms with Crippen molar-refractivity contribution >= 4 is 17.4 Å². The van der Waals surface area contributed by atoms with E-state index in [4.69, 9.17) is 11.6 Å². The average Bonchev–Trinajstić information content (AvgIpc) is 2.21. The molecule has 0 bridgehead atoms. The average molecular weight is 258 g/mol. The Balaban J connectivity index is 2.74. The summed E-state index contributed by atoms with van der Waals surface area (Å²) in [5.74, 6) is -0.319. The fourth-order valence-corrected chi connectivity index (χ4v) is 1.75. The smallest absolute Gasteiger partial charge is 0.143 e. The summed E-state index contributed by atoms with van der Waals surface area (Å²) in [6.45, 7) is 6.55. The second-order valence-electron chi connectivity index (χ2n) is 4.82. The first kappa shape index (κ1) is 14.1. The minimum Gasteiger partial charge on any atom is -0.309 e. The van der Waals surface area contributed by atoms with Gasteiger partial charge in [-0.15, -0.1) is 0 Å². The highest BCUT2D eigenvalue weighted by Crippen LogP contribution is 2.26. The van der Waals surface area contributed by atoms with Crippen LogP contribution in [0.25, 0.3) is 0 Å². The van der Waals surface area contributed by atoms with Crippen molar-refractivity contribution < 1.29 is 9.18 Å². The van der Waals surface area contributed by atoms with E-state index in [9.17, 15) is 9.18 Å². The number of ketones is 1. The van der Waals surface area contributed by atoms with Gasteiger partial charge >= 0.3 is 0 Å². The van der Waals surface area contributed by atoms with Gasteiger partial charge in [0.2, 0.25) is 0 Å². The molecule has 4 heteroatoms. The number of benzene rings is 1. The Hall–Kier alpha value is -0.930. The Kier molecular flexibility index (Phi) is 4.66. The molecule has 1 aromatic rings. The van der Waals surface area contributed by atoms with Gasteiger partial charge in [-0.1, -0.05) is 31.5 Å². The van der Waals surface area contributed by atoms with Crippen LogP contribution in [0.1, 0.15) is 26.3 Å². The molecule has 1 aromatic carbocycles. The van der Waals surface area contributed by atoms with Crippen molar-refractivity contribution in [2.75, 3.05) is 13.1 Å². The van der Waals surface area contributed by atoms with E-state index in [1.807, 2.05) is 13.8 Å². The van der Waals surface area contributed by atoms with Crippen LogP contribution in [-0.2, 0) is 10.2 Å². The van der Waals surface area contributed by atoms with Crippen LogP contribution in [-0.4, -0.2) is 18.9 Å². The molecule has 0 unspecified atom stereocenters. The maximum absolute atomic E-state index is 13.1. The second kappa shape index (κ2) is 5.61. The molecule has 0 amide bonds. The van der Waals surface area contributed by atoms with Gasteiger partial charge in [-0.05, 0) is 24.6 Å². The van der Waals surface area contributed by atoms with Gasteiger partial charge in [-0.3, -0.25) is 4.79 Å². The molecule has 17 heavy (non-hydrogen) atoms. The number of hydrogen-bond acceptors (Lipinski definition) is 2. The summed E-state index contributed by atoms with van der Waals surface area (Å²) >= 11 is 5.75. The van der Waals surface area contributed by atoms with Crippen LogP contribution in [0.5, 0.6) is 0 Å². The monoisotopic (exact) mass is 257 g/mol. The van der Waals surface area contributed by atoms with Crippen LogP contribution in [0.15, 0.2) is 18.2 Å². The topological polar surface area (TPSA) is 29.1 Å². The summed E-state index contributed by atoms with van der Waals surface area (Å²) < 4.78 is 13.1. The number of nitrogens with one attached hydrogen (secondary N) is 1. The van der Waals surface area contributed by atoms with Crippen molar-refractivity contribution in [3.8, 4) is 0 Å². The third kappa shape index (κ3) is 4.10. The Morgan fingerprint density at radius 3 is 2.65 bits per heavy atom. The maximum Gasteiger partial charge on any atom is 0.143 e. The van der Waals surface area contributed by atoms with E-state index in [1.54, 1.807) is 12.1 Å². The predicted molar refractivity (Wildman–Crippen MR) is 68.0 cm³/mol. The van der Waals surface area contributed by atoms with Crippen LogP contribution in [0, 0.1) is 5.82 Å². The fraction of sp³-hybridized carbons (Fsp3) is 0.462. The third-order valence-electron chi connectivity index (χ3n) is 2.64. The van der Waals surface area contributed by atoms with Crippen molar-refractivity contribution in [3.05, 3.63) is 34.6 Å². The lowest BCUT2D eigenvalue weighted by Gasteiger charge is -2.25. The summed E-state index contributed by atoms with van der Waals surface area (Å²) in [5, 5.41) is 3.20. The molecule has 1 N–H and O–H groups in total. The molecule has 0 aliphatic rings. The molecule has 0 aromatic heterocycles. The van der Waals surface area contributed by atoms with Gasteiger partial charge in [0.15, 0.2) is 0 Å². The van der Waals surface area contributed by atoms with Crippen LogP contribution < -0.4 is 5.32 Å². The van der Waals surface area contributed by atoms with E-state index in [0.717, 1.165) is 5.56 Å². The lowest BCUT2D eigenvalue weighted by Crippen LogP contribution is -2.35. The molecule has 0 radical (unpaired) electrons. The Morgan fingerprint density at radius 1 is 1.47 bits per heavy atom. The van der Waals surface area contributed by atoms with Crippen molar-refractivity contribution in [1.82, 2.24) is 5.32 Å². The summed E-state index contributed by atoms with van der Waals surface area (Å²) in [7, 11) is 0. The number of carbonyl (C=O) groups is 1. The Labute approximate surface area is 106 Å². The molecule has 0 saturated heterocycles. The Bertz CT molecular complexity index is 418. The largest absolute Gasteiger partial charge is 0.309 e. The standard InChI is InChI=1S/C13H17ClFNO/c1-9(17)7-16-8-13(2,3)10-4-5-12(15)11(14)6-10/h4-6,16H,7-8H2,1-3H3. The van der Waals surface area contributed by atoms with Crippen LogP contribution >= 0.6 is 11.6 Å². The van der Waals surface area contributed by atoms with Crippen LogP contribution in [0.2, 0.25) is 5.02 Å². The highest BCUT2D eigenvalue weighted by Gasteiger charge is 2.21. The summed E-state index contributed by atoms with van der Waals surface area (Å²) in [6, 6.07) is 4.72. The zero-order valence-electron chi connectivity index (χ0n) is 10.3. The normalized spacial score (nSPS) is 11.6. The predicted octanol–water partition coefficient (Wildman–Crippen LogP) is 2.94. The van der Waals surface area contributed by atoms with Gasteiger partial charge in [0.05, 0.1) is 11.6 Å². The van der Waals surface area contributed by atoms with Gasteiger partial charge in [0.25, 0.3) is 0 Å². The van der Waals surface area contributed by atoms with E-state index in [-0.39, 0.29) is 16.2 Å². The van der Waals surface area contributed by atoms with Crippen LogP contribution in [0.3, 0.4) is 0 Å². The highest BCUT2D eigenvalue weighted by molar-refractivity contribution is 6.30. The van der Waals surface area contributed by atoms with Gasteiger partial charge in [0, 0.05) is 12.0 Å². The molecular weight excluding hydrogens is 241 g/mol. The second-order valence-corrected chi connectivity index (χ2v) is 5.23. The molecule has 0 saturated carbocycles. The van der Waals surface area contributed by atoms with E-state index in [0.29, 0.717) is 13.1 Å². The minimum absolute atomic E-state index is 0.0953. The fourth-order valence-electron chi connectivity index (χ4n) is 1.57. The summed E-state index contributed by atoms with van der Waals surface area (Å²) in [5.41, 5.74) is 0.743. The van der Waals surface area contributed by atoms with Gasteiger partial charge in [-0.2, -0.15) is 0 Å². The minimum atomic E-state index is -0.414. The molecule has 0 spiro atoms. The third-order valence-corrected chi connectivity index (χ3v) is 2.93. The molecule has 2 nitrogen and oxygen atoms in total. The zero-order valence-corrected chi connectivity index (χ0v) is 11.1. The molecular formula is C13H17ClFNO. The lowest BCUT2D eigenvalue weighted by atomic mass is 9.84. The molecule has 1 rings (SSSR count). The first-order valence-corrected chi connectivity index (χ1v) is 5.86. The van der Waals surface area contributed by atoms with Crippen molar-refractivity contribution in [2.45, 2.75) is 26.2 Å². The first-order valence-electron chi connectivity index (χ1n) is 5.48. The first-order chi connectivity index (χ1) is 7.83. The molecule has 0 heterocycles. The SMILES string of the molecule is CC(=O)CNCC(C)(C)c1ccc(F)c(Cl)c1. The van der Waals surface area contributed by atoms with Crippen LogP contribution in [0.4, 0.5) is 4.39 Å². The quantitative estimate of drug-likeness (QED) is 0.879.